The first-order chi connectivity index (χ1) is 25.3. The van der Waals surface area contributed by atoms with Gasteiger partial charge in [0.15, 0.2) is 0 Å². The molecule has 292 valence electrons. The average Bonchev–Trinajstić information content (AvgIpc) is 3.62. The van der Waals surface area contributed by atoms with Gasteiger partial charge in [-0.1, -0.05) is 45.9 Å². The zero-order valence-electron chi connectivity index (χ0n) is 31.6. The Morgan fingerprint density at radius 3 is 2.26 bits per heavy atom. The molecule has 4 aliphatic heterocycles. The third kappa shape index (κ3) is 7.08. The van der Waals surface area contributed by atoms with Gasteiger partial charge in [-0.2, -0.15) is 0 Å². The summed E-state index contributed by atoms with van der Waals surface area (Å²) in [6.07, 6.45) is 4.41. The predicted molar refractivity (Wildman–Crippen MR) is 189 cm³/mol. The first kappa shape index (κ1) is 40.4. The summed E-state index contributed by atoms with van der Waals surface area (Å²) in [5.41, 5.74) is -1.23. The highest BCUT2D eigenvalue weighted by atomic mass is 16.8. The van der Waals surface area contributed by atoms with E-state index in [2.05, 4.69) is 5.32 Å². The fourth-order valence-corrected chi connectivity index (χ4v) is 7.37. The number of ether oxygens (including phenoxy) is 6. The molecule has 1 fully saturated rings. The van der Waals surface area contributed by atoms with Gasteiger partial charge in [-0.3, -0.25) is 19.2 Å². The molecule has 0 saturated carbocycles. The van der Waals surface area contributed by atoms with E-state index in [4.69, 9.17) is 28.4 Å². The number of rotatable bonds is 2. The second-order valence-electron chi connectivity index (χ2n) is 14.4. The van der Waals surface area contributed by atoms with Crippen LogP contribution in [0, 0.1) is 30.6 Å². The van der Waals surface area contributed by atoms with Gasteiger partial charge in [0.25, 0.3) is 17.5 Å². The van der Waals surface area contributed by atoms with Crippen molar-refractivity contribution in [2.75, 3.05) is 13.7 Å². The summed E-state index contributed by atoms with van der Waals surface area (Å²) in [7, 11) is 1.42. The number of nitrogens with one attached hydrogen (secondary N) is 1. The van der Waals surface area contributed by atoms with Crippen molar-refractivity contribution >= 4 is 29.4 Å². The third-order valence-electron chi connectivity index (χ3n) is 10.6. The van der Waals surface area contributed by atoms with Gasteiger partial charge in [0.1, 0.15) is 24.2 Å². The molecular weight excluding hydrogens is 706 g/mol. The quantitative estimate of drug-likeness (QED) is 0.320. The molecule has 1 saturated heterocycles. The highest BCUT2D eigenvalue weighted by Crippen LogP contribution is 2.53. The van der Waals surface area contributed by atoms with E-state index in [0.717, 1.165) is 12.3 Å². The fraction of sp³-hybridized carbons (Fsp3) is 0.513. The highest BCUT2D eigenvalue weighted by Gasteiger charge is 2.58. The molecule has 6 rings (SSSR count). The molecule has 4 heterocycles. The van der Waals surface area contributed by atoms with Crippen LogP contribution in [0.15, 0.2) is 47.9 Å². The Labute approximate surface area is 312 Å². The van der Waals surface area contributed by atoms with E-state index in [-0.39, 0.29) is 33.7 Å². The number of fused-ring (bicyclic) bond motifs is 13. The minimum atomic E-state index is -2.21. The number of aliphatic hydroxyl groups is 2. The van der Waals surface area contributed by atoms with Crippen LogP contribution in [0.4, 0.5) is 0 Å². The molecule has 5 bridgehead atoms. The van der Waals surface area contributed by atoms with Crippen LogP contribution in [0.3, 0.4) is 0 Å². The Balaban J connectivity index is 1.66. The molecule has 15 nitrogen and oxygen atoms in total. The van der Waals surface area contributed by atoms with E-state index in [0.29, 0.717) is 0 Å². The summed E-state index contributed by atoms with van der Waals surface area (Å²) in [4.78, 5) is 66.6. The maximum Gasteiger partial charge on any atom is 0.335 e. The van der Waals surface area contributed by atoms with E-state index in [9.17, 15) is 39.3 Å². The molecule has 15 heteroatoms. The van der Waals surface area contributed by atoms with Gasteiger partial charge < -0.3 is 49.1 Å². The second-order valence-corrected chi connectivity index (χ2v) is 14.4. The fourth-order valence-electron chi connectivity index (χ4n) is 7.37. The number of aliphatic hydroxyl groups excluding tert-OH is 2. The van der Waals surface area contributed by atoms with Gasteiger partial charge in [0.2, 0.25) is 5.78 Å². The summed E-state index contributed by atoms with van der Waals surface area (Å²) in [6, 6.07) is 0. The predicted octanol–water partition coefficient (Wildman–Crippen LogP) is 3.17. The van der Waals surface area contributed by atoms with Crippen LogP contribution in [0.5, 0.6) is 11.5 Å². The molecule has 1 amide bonds. The lowest BCUT2D eigenvalue weighted by atomic mass is 9.78. The topological polar surface area (TPSA) is 213 Å². The number of Topliss-reactive ketones (excluding diaryl/α,β-unsaturated/α-hetero) is 2. The minimum Gasteiger partial charge on any atom is -0.507 e. The molecule has 4 N–H and O–H groups in total. The van der Waals surface area contributed by atoms with E-state index < -0.39 is 107 Å². The monoisotopic (exact) mass is 753 g/mol. The van der Waals surface area contributed by atoms with Gasteiger partial charge in [-0.05, 0) is 19.9 Å². The van der Waals surface area contributed by atoms with Crippen molar-refractivity contribution in [3.05, 3.63) is 70.2 Å². The molecule has 1 aromatic rings. The molecule has 1 aliphatic carbocycles. The Kier molecular flexibility index (Phi) is 11.3. The van der Waals surface area contributed by atoms with Crippen molar-refractivity contribution in [3.8, 4) is 11.5 Å². The first-order valence-corrected chi connectivity index (χ1v) is 17.6. The van der Waals surface area contributed by atoms with Gasteiger partial charge >= 0.3 is 17.7 Å². The lowest BCUT2D eigenvalue weighted by molar-refractivity contribution is -0.161. The van der Waals surface area contributed by atoms with Crippen molar-refractivity contribution in [2.45, 2.75) is 91.4 Å². The van der Waals surface area contributed by atoms with Crippen LogP contribution < -0.4 is 10.1 Å². The SMILES string of the molecule is CO[C@H]1/C=C/OC2(C)Oc3c(C)c(O)c4c(c3C2=O)C2(C=C(NC(=O)/C(C)=C\C=C\[C@H](C)[C@H](O)[C@@H](C)[C@@H](O)[C@@H](C)[C@H](OC(C)=O)C1C)C4=O)OCC(=O)O2. The number of aromatic hydroxyl groups is 1. The van der Waals surface area contributed by atoms with Crippen LogP contribution in [0.1, 0.15) is 80.3 Å². The minimum absolute atomic E-state index is 0.00812. The van der Waals surface area contributed by atoms with Crippen molar-refractivity contribution in [1.29, 1.82) is 0 Å². The molecule has 54 heavy (non-hydrogen) atoms. The molecule has 0 aromatic heterocycles. The number of hydrogen-bond donors (Lipinski definition) is 4. The number of carbonyl (C=O) groups is 5. The number of esters is 2. The van der Waals surface area contributed by atoms with Crippen molar-refractivity contribution in [3.63, 3.8) is 0 Å². The number of hydrogen-bond acceptors (Lipinski definition) is 14. The highest BCUT2D eigenvalue weighted by molar-refractivity contribution is 6.19. The van der Waals surface area contributed by atoms with Gasteiger partial charge in [-0.25, -0.2) is 4.79 Å². The third-order valence-corrected chi connectivity index (χ3v) is 10.6. The number of amides is 1. The van der Waals surface area contributed by atoms with Gasteiger partial charge in [0.05, 0.1) is 47.0 Å². The van der Waals surface area contributed by atoms with Crippen LogP contribution in [0.25, 0.3) is 0 Å². The molecule has 1 aromatic carbocycles. The largest absolute Gasteiger partial charge is 0.507 e. The number of carbonyl (C=O) groups excluding carboxylic acids is 5. The summed E-state index contributed by atoms with van der Waals surface area (Å²) >= 11 is 0. The van der Waals surface area contributed by atoms with Crippen LogP contribution in [-0.4, -0.2) is 88.7 Å². The van der Waals surface area contributed by atoms with Gasteiger partial charge in [-0.15, -0.1) is 0 Å². The Morgan fingerprint density at radius 2 is 1.65 bits per heavy atom. The summed E-state index contributed by atoms with van der Waals surface area (Å²) in [6.45, 7) is 11.7. The molecule has 1 spiro atoms. The molecule has 10 atom stereocenters. The number of phenols is 1. The van der Waals surface area contributed by atoms with Crippen LogP contribution in [0.2, 0.25) is 0 Å². The molecule has 3 unspecified atom stereocenters. The molecule has 5 aliphatic rings. The van der Waals surface area contributed by atoms with Crippen molar-refractivity contribution < 1.29 is 67.7 Å². The van der Waals surface area contributed by atoms with Crippen LogP contribution >= 0.6 is 0 Å². The molecule has 0 radical (unpaired) electrons. The Hall–Kier alpha value is -4.83. The number of allylic oxidation sites excluding steroid dienone is 3. The number of ketones is 2. The number of phenolic OH excluding ortho intramolecular Hbond substituents is 1. The van der Waals surface area contributed by atoms with E-state index in [1.54, 1.807) is 39.8 Å². The maximum atomic E-state index is 14.3. The Bertz CT molecular complexity index is 1880. The summed E-state index contributed by atoms with van der Waals surface area (Å²) in [5, 5.41) is 36.6. The smallest absolute Gasteiger partial charge is 0.335 e. The van der Waals surface area contributed by atoms with E-state index in [1.807, 2.05) is 0 Å². The average molecular weight is 754 g/mol. The van der Waals surface area contributed by atoms with E-state index >= 15 is 0 Å². The second kappa shape index (κ2) is 15.1. The van der Waals surface area contributed by atoms with Crippen molar-refractivity contribution in [1.82, 2.24) is 5.32 Å². The Morgan fingerprint density at radius 1 is 0.963 bits per heavy atom. The normalized spacial score (nSPS) is 36.6. The zero-order valence-corrected chi connectivity index (χ0v) is 31.6. The molecular formula is C39H47NO14. The van der Waals surface area contributed by atoms with Crippen molar-refractivity contribution in [2.24, 2.45) is 23.7 Å². The lowest BCUT2D eigenvalue weighted by Crippen LogP contribution is -2.46. The number of benzene rings is 1. The lowest BCUT2D eigenvalue weighted by Gasteiger charge is -2.38. The van der Waals surface area contributed by atoms with Gasteiger partial charge in [0, 0.05) is 61.8 Å². The number of methoxy groups -OCH3 is 1. The standard InChI is InChI=1S/C39H47NO14/c1-17-11-10-12-18(2)37(48)40-24-15-39(51-16-26(42)53-39)29-27(33(24)46)32(45)22(6)35-28(29)36(47)38(8,54-35)50-14-13-25(49-9)19(3)34(52-23(7)41)21(5)31(44)20(4)30(17)43/h10-15,17,19-21,25,30-31,34,43-45H,16H2,1-9H3,(H,40,48)/b11-10+,14-13+,18-12-/t17-,19?,20+,21+,25-,30-,31+,34+,38?,39?/m0/s1. The first-order valence-electron chi connectivity index (χ1n) is 17.6. The summed E-state index contributed by atoms with van der Waals surface area (Å²) < 4.78 is 34.8. The summed E-state index contributed by atoms with van der Waals surface area (Å²) in [5.74, 6) is -11.4. The zero-order chi connectivity index (χ0) is 40.0. The maximum absolute atomic E-state index is 14.3. The van der Waals surface area contributed by atoms with E-state index in [1.165, 1.54) is 47.0 Å². The van der Waals surface area contributed by atoms with Crippen LogP contribution in [-0.2, 0) is 43.9 Å².